The SMILES string of the molecule is C[C@H](C(=O)N1CCc2ccccc21)N1CCN(S(=O)(=O)c2cccc(F)c2)CC1. The summed E-state index contributed by atoms with van der Waals surface area (Å²) in [4.78, 5) is 16.9. The van der Waals surface area contributed by atoms with Gasteiger partial charge in [0, 0.05) is 38.4 Å². The van der Waals surface area contributed by atoms with Crippen LogP contribution in [0.5, 0.6) is 0 Å². The van der Waals surface area contributed by atoms with Gasteiger partial charge in [0.25, 0.3) is 0 Å². The Bertz CT molecular complexity index is 1020. The van der Waals surface area contributed by atoms with Crippen LogP contribution in [0.15, 0.2) is 53.4 Å². The fourth-order valence-electron chi connectivity index (χ4n) is 4.06. The number of anilines is 1. The Morgan fingerprint density at radius 3 is 2.45 bits per heavy atom. The van der Waals surface area contributed by atoms with Crippen molar-refractivity contribution in [1.82, 2.24) is 9.21 Å². The van der Waals surface area contributed by atoms with Crippen LogP contribution < -0.4 is 4.90 Å². The zero-order chi connectivity index (χ0) is 20.6. The van der Waals surface area contributed by atoms with Gasteiger partial charge >= 0.3 is 0 Å². The third-order valence-electron chi connectivity index (χ3n) is 5.77. The highest BCUT2D eigenvalue weighted by molar-refractivity contribution is 7.89. The average Bonchev–Trinajstić information content (AvgIpc) is 3.17. The standard InChI is InChI=1S/C21H24FN3O3S/c1-16(21(26)25-10-9-17-5-2-3-8-20(17)25)23-11-13-24(14-12-23)29(27,28)19-7-4-6-18(22)15-19/h2-8,15-16H,9-14H2,1H3/t16-/m1/s1. The minimum Gasteiger partial charge on any atom is -0.310 e. The third-order valence-corrected chi connectivity index (χ3v) is 7.66. The van der Waals surface area contributed by atoms with Crippen molar-refractivity contribution >= 4 is 21.6 Å². The maximum absolute atomic E-state index is 13.4. The molecule has 2 aromatic carbocycles. The molecule has 1 amide bonds. The van der Waals surface area contributed by atoms with Crippen molar-refractivity contribution in [1.29, 1.82) is 0 Å². The molecule has 2 heterocycles. The monoisotopic (exact) mass is 417 g/mol. The molecule has 6 nitrogen and oxygen atoms in total. The lowest BCUT2D eigenvalue weighted by atomic mass is 10.1. The van der Waals surface area contributed by atoms with Crippen LogP contribution >= 0.6 is 0 Å². The van der Waals surface area contributed by atoms with E-state index in [9.17, 15) is 17.6 Å². The number of benzene rings is 2. The highest BCUT2D eigenvalue weighted by Gasteiger charge is 2.35. The number of carbonyl (C=O) groups excluding carboxylic acids is 1. The molecule has 2 aliphatic rings. The van der Waals surface area contributed by atoms with Gasteiger partial charge in [0.05, 0.1) is 10.9 Å². The van der Waals surface area contributed by atoms with Crippen LogP contribution in [0.2, 0.25) is 0 Å². The Kier molecular flexibility index (Phi) is 5.42. The number of fused-ring (bicyclic) bond motifs is 1. The van der Waals surface area contributed by atoms with E-state index >= 15 is 0 Å². The molecule has 0 radical (unpaired) electrons. The van der Waals surface area contributed by atoms with Gasteiger partial charge in [-0.25, -0.2) is 12.8 Å². The largest absolute Gasteiger partial charge is 0.310 e. The average molecular weight is 418 g/mol. The first kappa shape index (κ1) is 20.0. The van der Waals surface area contributed by atoms with E-state index in [-0.39, 0.29) is 29.9 Å². The molecular weight excluding hydrogens is 393 g/mol. The first-order chi connectivity index (χ1) is 13.9. The van der Waals surface area contributed by atoms with E-state index in [0.717, 1.165) is 18.2 Å². The zero-order valence-electron chi connectivity index (χ0n) is 16.3. The maximum atomic E-state index is 13.4. The minimum atomic E-state index is -3.74. The quantitative estimate of drug-likeness (QED) is 0.765. The molecule has 0 aliphatic carbocycles. The topological polar surface area (TPSA) is 60.9 Å². The second-order valence-corrected chi connectivity index (χ2v) is 9.38. The summed E-state index contributed by atoms with van der Waals surface area (Å²) in [6.45, 7) is 4.00. The summed E-state index contributed by atoms with van der Waals surface area (Å²) in [6, 6.07) is 12.7. The van der Waals surface area contributed by atoms with Gasteiger partial charge in [-0.05, 0) is 43.2 Å². The lowest BCUT2D eigenvalue weighted by Gasteiger charge is -2.38. The van der Waals surface area contributed by atoms with Crippen LogP contribution in [0.3, 0.4) is 0 Å². The van der Waals surface area contributed by atoms with Crippen molar-refractivity contribution in [2.75, 3.05) is 37.6 Å². The predicted molar refractivity (Wildman–Crippen MR) is 109 cm³/mol. The molecule has 0 aromatic heterocycles. The number of nitrogens with zero attached hydrogens (tertiary/aromatic N) is 3. The first-order valence-corrected chi connectivity index (χ1v) is 11.2. The summed E-state index contributed by atoms with van der Waals surface area (Å²) in [5, 5.41) is 0. The highest BCUT2D eigenvalue weighted by atomic mass is 32.2. The molecule has 0 spiro atoms. The van der Waals surface area contributed by atoms with Gasteiger partial charge in [-0.15, -0.1) is 0 Å². The van der Waals surface area contributed by atoms with Gasteiger partial charge in [0.2, 0.25) is 15.9 Å². The van der Waals surface area contributed by atoms with Gasteiger partial charge in [0.15, 0.2) is 0 Å². The summed E-state index contributed by atoms with van der Waals surface area (Å²) < 4.78 is 40.3. The second kappa shape index (κ2) is 7.85. The lowest BCUT2D eigenvalue weighted by molar-refractivity contribution is -0.123. The summed E-state index contributed by atoms with van der Waals surface area (Å²) in [5.41, 5.74) is 2.15. The van der Waals surface area contributed by atoms with Gasteiger partial charge in [-0.1, -0.05) is 24.3 Å². The molecule has 4 rings (SSSR count). The number of carbonyl (C=O) groups is 1. The van der Waals surface area contributed by atoms with Crippen LogP contribution in [0, 0.1) is 5.82 Å². The molecule has 1 saturated heterocycles. The normalized spacial score (nSPS) is 19.2. The van der Waals surface area contributed by atoms with Crippen LogP contribution in [-0.2, 0) is 21.2 Å². The molecule has 1 fully saturated rings. The third kappa shape index (κ3) is 3.80. The van der Waals surface area contributed by atoms with E-state index in [1.54, 1.807) is 0 Å². The highest BCUT2D eigenvalue weighted by Crippen LogP contribution is 2.29. The molecule has 0 bridgehead atoms. The first-order valence-electron chi connectivity index (χ1n) is 9.77. The molecular formula is C21H24FN3O3S. The number of halogens is 1. The van der Waals surface area contributed by atoms with Crippen molar-refractivity contribution in [3.63, 3.8) is 0 Å². The van der Waals surface area contributed by atoms with E-state index in [1.807, 2.05) is 41.0 Å². The molecule has 29 heavy (non-hydrogen) atoms. The molecule has 0 N–H and O–H groups in total. The second-order valence-electron chi connectivity index (χ2n) is 7.44. The number of piperazine rings is 1. The van der Waals surface area contributed by atoms with Crippen molar-refractivity contribution in [3.8, 4) is 0 Å². The van der Waals surface area contributed by atoms with E-state index < -0.39 is 15.8 Å². The van der Waals surface area contributed by atoms with E-state index in [0.29, 0.717) is 19.6 Å². The Balaban J connectivity index is 1.41. The zero-order valence-corrected chi connectivity index (χ0v) is 17.1. The fourth-order valence-corrected chi connectivity index (χ4v) is 5.51. The summed E-state index contributed by atoms with van der Waals surface area (Å²) in [7, 11) is -3.74. The number of rotatable bonds is 4. The molecule has 0 unspecified atom stereocenters. The number of sulfonamides is 1. The Morgan fingerprint density at radius 1 is 1.00 bits per heavy atom. The van der Waals surface area contributed by atoms with Crippen molar-refractivity contribution in [2.24, 2.45) is 0 Å². The van der Waals surface area contributed by atoms with Crippen LogP contribution in [0.1, 0.15) is 12.5 Å². The summed E-state index contributed by atoms with van der Waals surface area (Å²) in [6.07, 6.45) is 0.855. The Labute approximate surface area is 170 Å². The lowest BCUT2D eigenvalue weighted by Crippen LogP contribution is -2.55. The number of hydrogen-bond donors (Lipinski definition) is 0. The van der Waals surface area contributed by atoms with Gasteiger partial charge in [0.1, 0.15) is 5.82 Å². The molecule has 154 valence electrons. The molecule has 0 saturated carbocycles. The fraction of sp³-hybridized carbons (Fsp3) is 0.381. The van der Waals surface area contributed by atoms with Crippen molar-refractivity contribution < 1.29 is 17.6 Å². The number of hydrogen-bond acceptors (Lipinski definition) is 4. The summed E-state index contributed by atoms with van der Waals surface area (Å²) in [5.74, 6) is -0.536. The molecule has 8 heteroatoms. The van der Waals surface area contributed by atoms with Crippen LogP contribution in [0.25, 0.3) is 0 Å². The molecule has 2 aliphatic heterocycles. The van der Waals surface area contributed by atoms with Crippen LogP contribution in [-0.4, -0.2) is 62.3 Å². The van der Waals surface area contributed by atoms with Gasteiger partial charge < -0.3 is 4.90 Å². The van der Waals surface area contributed by atoms with E-state index in [2.05, 4.69) is 0 Å². The van der Waals surface area contributed by atoms with Crippen LogP contribution in [0.4, 0.5) is 10.1 Å². The van der Waals surface area contributed by atoms with Gasteiger partial charge in [-0.2, -0.15) is 4.31 Å². The Morgan fingerprint density at radius 2 is 1.72 bits per heavy atom. The molecule has 2 aromatic rings. The molecule has 1 atom stereocenters. The van der Waals surface area contributed by atoms with E-state index in [1.165, 1.54) is 28.1 Å². The van der Waals surface area contributed by atoms with E-state index in [4.69, 9.17) is 0 Å². The van der Waals surface area contributed by atoms with Crippen molar-refractivity contribution in [3.05, 3.63) is 59.9 Å². The maximum Gasteiger partial charge on any atom is 0.244 e. The number of amides is 1. The summed E-state index contributed by atoms with van der Waals surface area (Å²) >= 11 is 0. The smallest absolute Gasteiger partial charge is 0.244 e. The Hall–Kier alpha value is -2.29. The number of para-hydroxylation sites is 1. The minimum absolute atomic E-state index is 0.0382. The van der Waals surface area contributed by atoms with Gasteiger partial charge in [-0.3, -0.25) is 9.69 Å². The van der Waals surface area contributed by atoms with Crippen molar-refractivity contribution in [2.45, 2.75) is 24.3 Å². The predicted octanol–water partition coefficient (Wildman–Crippen LogP) is 2.11.